The van der Waals surface area contributed by atoms with Gasteiger partial charge < -0.3 is 20.8 Å². The minimum atomic E-state index is -1.07. The van der Waals surface area contributed by atoms with E-state index in [0.29, 0.717) is 6.42 Å². The van der Waals surface area contributed by atoms with Crippen LogP contribution in [-0.4, -0.2) is 40.2 Å². The summed E-state index contributed by atoms with van der Waals surface area (Å²) in [6.45, 7) is 2.55. The van der Waals surface area contributed by atoms with Crippen LogP contribution >= 0.6 is 0 Å². The van der Waals surface area contributed by atoms with Crippen LogP contribution in [-0.2, 0) is 16.0 Å². The van der Waals surface area contributed by atoms with Gasteiger partial charge in [0.05, 0.1) is 5.54 Å². The van der Waals surface area contributed by atoms with Crippen molar-refractivity contribution in [2.45, 2.75) is 37.8 Å². The number of aliphatic carboxylic acids is 1. The Morgan fingerprint density at radius 3 is 2.57 bits per heavy atom. The van der Waals surface area contributed by atoms with Crippen LogP contribution in [0.1, 0.15) is 25.3 Å². The van der Waals surface area contributed by atoms with Crippen molar-refractivity contribution in [1.29, 1.82) is 0 Å². The molecule has 1 fully saturated rings. The zero-order valence-electron chi connectivity index (χ0n) is 11.9. The highest BCUT2D eigenvalue weighted by atomic mass is 16.4. The van der Waals surface area contributed by atoms with E-state index in [0.717, 1.165) is 18.5 Å². The van der Waals surface area contributed by atoms with Crippen molar-refractivity contribution in [3.05, 3.63) is 29.8 Å². The molecule has 21 heavy (non-hydrogen) atoms. The summed E-state index contributed by atoms with van der Waals surface area (Å²) >= 11 is 0. The zero-order valence-corrected chi connectivity index (χ0v) is 11.9. The Balaban J connectivity index is 2.04. The number of carboxylic acids is 1. The predicted octanol–water partition coefficient (Wildman–Crippen LogP) is 0.646. The molecule has 1 amide bonds. The maximum absolute atomic E-state index is 12.2. The maximum atomic E-state index is 12.2. The fourth-order valence-electron chi connectivity index (χ4n) is 2.47. The minimum absolute atomic E-state index is 0.123. The first-order chi connectivity index (χ1) is 9.90. The van der Waals surface area contributed by atoms with Crippen molar-refractivity contribution in [3.63, 3.8) is 0 Å². The smallest absolute Gasteiger partial charge is 0.326 e. The molecule has 0 aromatic heterocycles. The fourth-order valence-corrected chi connectivity index (χ4v) is 2.47. The standard InChI is InChI=1S/C15H20N2O4/c1-15(7-2-8-16-15)14(21)17-12(13(19)20)9-10-3-5-11(18)6-4-10/h3-6,12,16,18H,2,7-9H2,1H3,(H,17,21)(H,19,20). The van der Waals surface area contributed by atoms with E-state index >= 15 is 0 Å². The molecule has 2 atom stereocenters. The molecule has 114 valence electrons. The molecule has 0 bridgehead atoms. The number of carbonyl (C=O) groups is 2. The average Bonchev–Trinajstić information content (AvgIpc) is 2.88. The van der Waals surface area contributed by atoms with Gasteiger partial charge in [-0.15, -0.1) is 0 Å². The number of carbonyl (C=O) groups excluding carboxylic acids is 1. The van der Waals surface area contributed by atoms with Crippen LogP contribution in [0, 0.1) is 0 Å². The normalized spacial score (nSPS) is 22.7. The Morgan fingerprint density at radius 1 is 1.38 bits per heavy atom. The number of benzene rings is 1. The Morgan fingerprint density at radius 2 is 2.05 bits per heavy atom. The first kappa shape index (κ1) is 15.3. The van der Waals surface area contributed by atoms with Gasteiger partial charge in [0.1, 0.15) is 11.8 Å². The molecule has 2 rings (SSSR count). The van der Waals surface area contributed by atoms with Crippen LogP contribution in [0.15, 0.2) is 24.3 Å². The van der Waals surface area contributed by atoms with E-state index in [1.807, 2.05) is 0 Å². The maximum Gasteiger partial charge on any atom is 0.326 e. The van der Waals surface area contributed by atoms with Gasteiger partial charge in [0.2, 0.25) is 5.91 Å². The summed E-state index contributed by atoms with van der Waals surface area (Å²) in [6, 6.07) is 5.30. The molecule has 0 aliphatic carbocycles. The van der Waals surface area contributed by atoms with E-state index in [4.69, 9.17) is 0 Å². The minimum Gasteiger partial charge on any atom is -0.508 e. The number of aromatic hydroxyl groups is 1. The number of amides is 1. The lowest BCUT2D eigenvalue weighted by Crippen LogP contribution is -2.55. The van der Waals surface area contributed by atoms with Gasteiger partial charge in [-0.3, -0.25) is 4.79 Å². The largest absolute Gasteiger partial charge is 0.508 e. The topological polar surface area (TPSA) is 98.7 Å². The van der Waals surface area contributed by atoms with E-state index in [1.165, 1.54) is 12.1 Å². The zero-order chi connectivity index (χ0) is 15.5. The van der Waals surface area contributed by atoms with Crippen LogP contribution in [0.2, 0.25) is 0 Å². The third-order valence-corrected chi connectivity index (χ3v) is 3.85. The first-order valence-electron chi connectivity index (χ1n) is 6.97. The first-order valence-corrected chi connectivity index (χ1v) is 6.97. The number of carboxylic acid groups (broad SMARTS) is 1. The van der Waals surface area contributed by atoms with Gasteiger partial charge >= 0.3 is 5.97 Å². The van der Waals surface area contributed by atoms with Crippen molar-refractivity contribution >= 4 is 11.9 Å². The monoisotopic (exact) mass is 292 g/mol. The molecule has 1 aliphatic rings. The van der Waals surface area contributed by atoms with Crippen molar-refractivity contribution in [2.75, 3.05) is 6.54 Å². The third-order valence-electron chi connectivity index (χ3n) is 3.85. The van der Waals surface area contributed by atoms with Crippen molar-refractivity contribution in [2.24, 2.45) is 0 Å². The van der Waals surface area contributed by atoms with Gasteiger partial charge in [-0.2, -0.15) is 0 Å². The van der Waals surface area contributed by atoms with E-state index in [1.54, 1.807) is 19.1 Å². The molecule has 4 N–H and O–H groups in total. The van der Waals surface area contributed by atoms with E-state index < -0.39 is 17.6 Å². The molecule has 1 saturated heterocycles. The summed E-state index contributed by atoms with van der Waals surface area (Å²) in [4.78, 5) is 23.6. The second-order valence-corrected chi connectivity index (χ2v) is 5.60. The fraction of sp³-hybridized carbons (Fsp3) is 0.467. The molecule has 0 spiro atoms. The van der Waals surface area contributed by atoms with Gasteiger partial charge in [-0.1, -0.05) is 12.1 Å². The second kappa shape index (κ2) is 6.13. The predicted molar refractivity (Wildman–Crippen MR) is 77.0 cm³/mol. The van der Waals surface area contributed by atoms with Gasteiger partial charge in [-0.25, -0.2) is 4.79 Å². The molecule has 2 unspecified atom stereocenters. The summed E-state index contributed by atoms with van der Waals surface area (Å²) < 4.78 is 0. The van der Waals surface area contributed by atoms with Crippen LogP contribution in [0.3, 0.4) is 0 Å². The summed E-state index contributed by atoms with van der Waals surface area (Å²) in [5, 5.41) is 24.2. The quantitative estimate of drug-likeness (QED) is 0.638. The SMILES string of the molecule is CC1(C(=O)NC(Cc2ccc(O)cc2)C(=O)O)CCCN1. The molecule has 1 aromatic carbocycles. The lowest BCUT2D eigenvalue weighted by Gasteiger charge is -2.25. The Bertz CT molecular complexity index is 521. The van der Waals surface area contributed by atoms with Crippen molar-refractivity contribution < 1.29 is 19.8 Å². The average molecular weight is 292 g/mol. The van der Waals surface area contributed by atoms with Gasteiger partial charge in [0, 0.05) is 6.42 Å². The molecule has 6 nitrogen and oxygen atoms in total. The number of rotatable bonds is 5. The molecule has 0 radical (unpaired) electrons. The lowest BCUT2D eigenvalue weighted by molar-refractivity contribution is -0.142. The highest BCUT2D eigenvalue weighted by Gasteiger charge is 2.37. The Kier molecular flexibility index (Phi) is 4.47. The molecule has 1 aliphatic heterocycles. The lowest BCUT2D eigenvalue weighted by atomic mass is 9.98. The highest BCUT2D eigenvalue weighted by molar-refractivity contribution is 5.90. The Hall–Kier alpha value is -2.08. The molecule has 1 aromatic rings. The highest BCUT2D eigenvalue weighted by Crippen LogP contribution is 2.19. The van der Waals surface area contributed by atoms with Gasteiger partial charge in [0.15, 0.2) is 0 Å². The summed E-state index contributed by atoms with van der Waals surface area (Å²) in [7, 11) is 0. The third kappa shape index (κ3) is 3.72. The van der Waals surface area contributed by atoms with Crippen LogP contribution in [0.4, 0.5) is 0 Å². The second-order valence-electron chi connectivity index (χ2n) is 5.60. The van der Waals surface area contributed by atoms with E-state index in [-0.39, 0.29) is 18.1 Å². The number of nitrogens with one attached hydrogen (secondary N) is 2. The van der Waals surface area contributed by atoms with Crippen LogP contribution in [0.25, 0.3) is 0 Å². The molecular formula is C15H20N2O4. The summed E-state index contributed by atoms with van der Waals surface area (Å²) in [5.74, 6) is -1.23. The summed E-state index contributed by atoms with van der Waals surface area (Å²) in [6.07, 6.45) is 1.78. The van der Waals surface area contributed by atoms with Crippen molar-refractivity contribution in [3.8, 4) is 5.75 Å². The molecule has 1 heterocycles. The number of phenols is 1. The molecular weight excluding hydrogens is 272 g/mol. The van der Waals surface area contributed by atoms with Gasteiger partial charge in [-0.05, 0) is 44.0 Å². The van der Waals surface area contributed by atoms with E-state index in [2.05, 4.69) is 10.6 Å². The number of hydrogen-bond acceptors (Lipinski definition) is 4. The van der Waals surface area contributed by atoms with Gasteiger partial charge in [0.25, 0.3) is 0 Å². The Labute approximate surface area is 123 Å². The number of hydrogen-bond donors (Lipinski definition) is 4. The number of phenolic OH excluding ortho intramolecular Hbond substituents is 1. The van der Waals surface area contributed by atoms with E-state index in [9.17, 15) is 19.8 Å². The molecule has 6 heteroatoms. The van der Waals surface area contributed by atoms with Crippen molar-refractivity contribution in [1.82, 2.24) is 10.6 Å². The molecule has 0 saturated carbocycles. The van der Waals surface area contributed by atoms with Crippen LogP contribution < -0.4 is 10.6 Å². The van der Waals surface area contributed by atoms with Crippen LogP contribution in [0.5, 0.6) is 5.75 Å². The summed E-state index contributed by atoms with van der Waals surface area (Å²) in [5.41, 5.74) is 0.0490.